The Morgan fingerprint density at radius 1 is 1.18 bits per heavy atom. The summed E-state index contributed by atoms with van der Waals surface area (Å²) in [4.78, 5) is 3.34. The van der Waals surface area contributed by atoms with Crippen molar-refractivity contribution in [1.82, 2.24) is 0 Å². The number of hydrogen-bond acceptors (Lipinski definition) is 3. The molecule has 17 heavy (non-hydrogen) atoms. The first-order valence-electron chi connectivity index (χ1n) is 5.41. The lowest BCUT2D eigenvalue weighted by Crippen LogP contribution is -2.11. The van der Waals surface area contributed by atoms with Crippen LogP contribution in [0.25, 0.3) is 0 Å². The molecule has 1 N–H and O–H groups in total. The number of thiophene rings is 1. The van der Waals surface area contributed by atoms with Gasteiger partial charge in [-0.15, -0.1) is 11.3 Å². The second-order valence-corrected chi connectivity index (χ2v) is 5.77. The maximum atomic E-state index is 5.91. The van der Waals surface area contributed by atoms with Gasteiger partial charge in [-0.05, 0) is 24.3 Å². The van der Waals surface area contributed by atoms with Crippen molar-refractivity contribution in [1.29, 1.82) is 0 Å². The first kappa shape index (κ1) is 12.3. The monoisotopic (exact) mass is 266 g/mol. The Bertz CT molecular complexity index is 494. The van der Waals surface area contributed by atoms with Crippen molar-refractivity contribution in [3.8, 4) is 0 Å². The molecular weight excluding hydrogens is 252 g/mol. The van der Waals surface area contributed by atoms with Crippen molar-refractivity contribution >= 4 is 34.3 Å². The Kier molecular flexibility index (Phi) is 3.92. The minimum absolute atomic E-state index is 0.808. The number of rotatable bonds is 4. The fraction of sp³-hybridized carbons (Fsp3) is 0.231. The highest BCUT2D eigenvalue weighted by Crippen LogP contribution is 2.26. The molecule has 4 heteroatoms. The number of hydrogen-bond donors (Lipinski definition) is 1. The average molecular weight is 267 g/mol. The first-order valence-corrected chi connectivity index (χ1v) is 6.60. The molecule has 0 saturated heterocycles. The summed E-state index contributed by atoms with van der Waals surface area (Å²) in [6.07, 6.45) is 0. The topological polar surface area (TPSA) is 15.3 Å². The van der Waals surface area contributed by atoms with Gasteiger partial charge in [0.05, 0.1) is 15.7 Å². The molecule has 2 rings (SSSR count). The molecule has 1 aromatic heterocycles. The third kappa shape index (κ3) is 3.14. The maximum Gasteiger partial charge on any atom is 0.0931 e. The number of nitrogens with one attached hydrogen (secondary N) is 1. The lowest BCUT2D eigenvalue weighted by Gasteiger charge is -2.18. The molecule has 0 saturated carbocycles. The highest BCUT2D eigenvalue weighted by molar-refractivity contribution is 7.16. The highest BCUT2D eigenvalue weighted by Gasteiger charge is 2.03. The summed E-state index contributed by atoms with van der Waals surface area (Å²) < 4.78 is 0.836. The second kappa shape index (κ2) is 5.43. The molecule has 0 aliphatic heterocycles. The van der Waals surface area contributed by atoms with Crippen LogP contribution in [0, 0.1) is 0 Å². The summed E-state index contributed by atoms with van der Waals surface area (Å²) >= 11 is 7.52. The molecule has 0 spiro atoms. The third-order valence-electron chi connectivity index (χ3n) is 2.47. The Hall–Kier alpha value is -1.19. The van der Waals surface area contributed by atoms with Crippen molar-refractivity contribution in [2.24, 2.45) is 0 Å². The molecule has 0 radical (unpaired) electrons. The van der Waals surface area contributed by atoms with Gasteiger partial charge in [0.25, 0.3) is 0 Å². The lowest BCUT2D eigenvalue weighted by atomic mass is 10.2. The zero-order chi connectivity index (χ0) is 12.3. The summed E-state index contributed by atoms with van der Waals surface area (Å²) in [6, 6.07) is 12.3. The van der Waals surface area contributed by atoms with Crippen LogP contribution in [-0.4, -0.2) is 14.1 Å². The van der Waals surface area contributed by atoms with Crippen LogP contribution >= 0.6 is 22.9 Å². The van der Waals surface area contributed by atoms with Crippen molar-refractivity contribution in [3.05, 3.63) is 45.6 Å². The van der Waals surface area contributed by atoms with Crippen molar-refractivity contribution in [2.45, 2.75) is 6.54 Å². The van der Waals surface area contributed by atoms with Crippen molar-refractivity contribution in [2.75, 3.05) is 24.3 Å². The molecule has 0 atom stereocenters. The van der Waals surface area contributed by atoms with Gasteiger partial charge in [0.1, 0.15) is 0 Å². The van der Waals surface area contributed by atoms with Crippen LogP contribution in [0.5, 0.6) is 0 Å². The van der Waals surface area contributed by atoms with Gasteiger partial charge in [0, 0.05) is 25.5 Å². The summed E-state index contributed by atoms with van der Waals surface area (Å²) in [6.45, 7) is 0.808. The van der Waals surface area contributed by atoms with Gasteiger partial charge < -0.3 is 10.2 Å². The predicted octanol–water partition coefficient (Wildman–Crippen LogP) is 4.08. The zero-order valence-electron chi connectivity index (χ0n) is 9.90. The van der Waals surface area contributed by atoms with E-state index in [2.05, 4.69) is 28.4 Å². The molecule has 0 unspecified atom stereocenters. The molecule has 0 fully saturated rings. The van der Waals surface area contributed by atoms with Crippen LogP contribution in [0.3, 0.4) is 0 Å². The van der Waals surface area contributed by atoms with E-state index < -0.39 is 0 Å². The number of para-hydroxylation sites is 2. The van der Waals surface area contributed by atoms with E-state index in [-0.39, 0.29) is 0 Å². The largest absolute Gasteiger partial charge is 0.378 e. The summed E-state index contributed by atoms with van der Waals surface area (Å²) in [7, 11) is 4.09. The van der Waals surface area contributed by atoms with E-state index in [9.17, 15) is 0 Å². The van der Waals surface area contributed by atoms with Gasteiger partial charge in [-0.25, -0.2) is 0 Å². The molecule has 2 aromatic rings. The van der Waals surface area contributed by atoms with Crippen LogP contribution in [0.4, 0.5) is 11.4 Å². The number of halogens is 1. The maximum absolute atomic E-state index is 5.91. The Morgan fingerprint density at radius 2 is 1.94 bits per heavy atom. The number of anilines is 2. The van der Waals surface area contributed by atoms with E-state index >= 15 is 0 Å². The minimum atomic E-state index is 0.808. The van der Waals surface area contributed by atoms with E-state index in [1.165, 1.54) is 10.6 Å². The molecule has 1 heterocycles. The van der Waals surface area contributed by atoms with Gasteiger partial charge in [0.2, 0.25) is 0 Å². The zero-order valence-corrected chi connectivity index (χ0v) is 11.5. The smallest absolute Gasteiger partial charge is 0.0931 e. The molecule has 90 valence electrons. The molecule has 0 bridgehead atoms. The van der Waals surface area contributed by atoms with E-state index in [0.29, 0.717) is 0 Å². The average Bonchev–Trinajstić information content (AvgIpc) is 2.73. The molecule has 1 aromatic carbocycles. The van der Waals surface area contributed by atoms with Crippen LogP contribution in [0.1, 0.15) is 4.88 Å². The molecule has 0 amide bonds. The third-order valence-corrected chi connectivity index (χ3v) is 3.70. The Labute approximate surface area is 111 Å². The fourth-order valence-electron chi connectivity index (χ4n) is 1.64. The predicted molar refractivity (Wildman–Crippen MR) is 77.4 cm³/mol. The van der Waals surface area contributed by atoms with Gasteiger partial charge in [-0.2, -0.15) is 0 Å². The summed E-state index contributed by atoms with van der Waals surface area (Å²) in [5.74, 6) is 0. The number of benzene rings is 1. The Morgan fingerprint density at radius 3 is 2.59 bits per heavy atom. The van der Waals surface area contributed by atoms with Gasteiger partial charge in [-0.3, -0.25) is 0 Å². The Balaban J connectivity index is 2.08. The standard InChI is InChI=1S/C13H15ClN2S/c1-16(2)12-6-4-3-5-11(12)15-9-10-7-8-13(14)17-10/h3-8,15H,9H2,1-2H3. The molecule has 0 aliphatic carbocycles. The van der Waals surface area contributed by atoms with Crippen LogP contribution in [-0.2, 0) is 6.54 Å². The van der Waals surface area contributed by atoms with Crippen LogP contribution in [0.2, 0.25) is 4.34 Å². The van der Waals surface area contributed by atoms with E-state index in [0.717, 1.165) is 16.6 Å². The van der Waals surface area contributed by atoms with Gasteiger partial charge in [-0.1, -0.05) is 23.7 Å². The van der Waals surface area contributed by atoms with Crippen LogP contribution in [0.15, 0.2) is 36.4 Å². The summed E-state index contributed by atoms with van der Waals surface area (Å²) in [5, 5.41) is 3.43. The van der Waals surface area contributed by atoms with E-state index in [1.54, 1.807) is 11.3 Å². The molecular formula is C13H15ClN2S. The SMILES string of the molecule is CN(C)c1ccccc1NCc1ccc(Cl)s1. The summed E-state index contributed by atoms with van der Waals surface area (Å²) in [5.41, 5.74) is 2.33. The fourth-order valence-corrected chi connectivity index (χ4v) is 2.67. The normalized spacial score (nSPS) is 10.3. The molecule has 2 nitrogen and oxygen atoms in total. The van der Waals surface area contributed by atoms with E-state index in [1.807, 2.05) is 32.3 Å². The van der Waals surface area contributed by atoms with Crippen molar-refractivity contribution in [3.63, 3.8) is 0 Å². The second-order valence-electron chi connectivity index (χ2n) is 3.97. The van der Waals surface area contributed by atoms with Crippen molar-refractivity contribution < 1.29 is 0 Å². The molecule has 0 aliphatic rings. The van der Waals surface area contributed by atoms with Gasteiger partial charge in [0.15, 0.2) is 0 Å². The van der Waals surface area contributed by atoms with Crippen LogP contribution < -0.4 is 10.2 Å². The minimum Gasteiger partial charge on any atom is -0.378 e. The quantitative estimate of drug-likeness (QED) is 0.897. The van der Waals surface area contributed by atoms with Gasteiger partial charge >= 0.3 is 0 Å². The van der Waals surface area contributed by atoms with E-state index in [4.69, 9.17) is 11.6 Å². The lowest BCUT2D eigenvalue weighted by molar-refractivity contribution is 1.11. The number of nitrogens with zero attached hydrogens (tertiary/aromatic N) is 1. The highest BCUT2D eigenvalue weighted by atomic mass is 35.5. The first-order chi connectivity index (χ1) is 8.16.